The number of benzene rings is 1. The zero-order valence-corrected chi connectivity index (χ0v) is 13.2. The van der Waals surface area contributed by atoms with Crippen LogP contribution in [-0.2, 0) is 6.54 Å². The first-order valence-corrected chi connectivity index (χ1v) is 7.88. The van der Waals surface area contributed by atoms with E-state index in [1.54, 1.807) is 12.1 Å². The monoisotopic (exact) mass is 313 g/mol. The molecule has 4 nitrogen and oxygen atoms in total. The Hall–Kier alpha value is -2.43. The maximum Gasteiger partial charge on any atom is 0.164 e. The second kappa shape index (κ2) is 6.77. The largest absolute Gasteiger partial charge is 0.380 e. The lowest BCUT2D eigenvalue weighted by Gasteiger charge is -2.16. The van der Waals surface area contributed by atoms with Crippen LogP contribution in [0.3, 0.4) is 0 Å². The van der Waals surface area contributed by atoms with Gasteiger partial charge >= 0.3 is 0 Å². The lowest BCUT2D eigenvalue weighted by Crippen LogP contribution is -2.18. The number of nitrogens with zero attached hydrogens (tertiary/aromatic N) is 2. The summed E-state index contributed by atoms with van der Waals surface area (Å²) in [6, 6.07) is 8.64. The summed E-state index contributed by atoms with van der Waals surface area (Å²) >= 11 is 0. The van der Waals surface area contributed by atoms with Gasteiger partial charge in [-0.3, -0.25) is 4.79 Å². The van der Waals surface area contributed by atoms with Gasteiger partial charge in [0.1, 0.15) is 11.6 Å². The Labute approximate surface area is 135 Å². The van der Waals surface area contributed by atoms with Crippen LogP contribution in [0.4, 0.5) is 15.9 Å². The summed E-state index contributed by atoms with van der Waals surface area (Å²) in [6.45, 7) is 4.00. The van der Waals surface area contributed by atoms with E-state index in [2.05, 4.69) is 15.2 Å². The second-order valence-electron chi connectivity index (χ2n) is 5.79. The van der Waals surface area contributed by atoms with Gasteiger partial charge in [-0.2, -0.15) is 0 Å². The molecular formula is C18H20FN3O. The Kier molecular flexibility index (Phi) is 4.55. The summed E-state index contributed by atoms with van der Waals surface area (Å²) in [7, 11) is 0. The first-order chi connectivity index (χ1) is 11.1. The van der Waals surface area contributed by atoms with Crippen molar-refractivity contribution >= 4 is 17.3 Å². The van der Waals surface area contributed by atoms with Crippen LogP contribution in [0.5, 0.6) is 0 Å². The molecule has 5 heteroatoms. The van der Waals surface area contributed by atoms with Crippen LogP contribution in [0.15, 0.2) is 36.5 Å². The highest BCUT2D eigenvalue weighted by molar-refractivity contribution is 5.99. The van der Waals surface area contributed by atoms with Crippen molar-refractivity contribution in [3.05, 3.63) is 53.5 Å². The molecule has 1 aromatic carbocycles. The smallest absolute Gasteiger partial charge is 0.164 e. The minimum atomic E-state index is -0.495. The average Bonchev–Trinajstić information content (AvgIpc) is 3.07. The molecule has 1 aromatic heterocycles. The normalized spacial score (nSPS) is 14.1. The molecule has 0 unspecified atom stereocenters. The van der Waals surface area contributed by atoms with Crippen molar-refractivity contribution in [3.63, 3.8) is 0 Å². The third-order valence-corrected chi connectivity index (χ3v) is 4.09. The van der Waals surface area contributed by atoms with Crippen LogP contribution < -0.4 is 10.2 Å². The minimum absolute atomic E-state index is 0.106. The molecule has 23 heavy (non-hydrogen) atoms. The molecule has 1 saturated heterocycles. The summed E-state index contributed by atoms with van der Waals surface area (Å²) in [5.41, 5.74) is 1.61. The van der Waals surface area contributed by atoms with Crippen molar-refractivity contribution in [1.82, 2.24) is 4.98 Å². The van der Waals surface area contributed by atoms with Crippen LogP contribution >= 0.6 is 0 Å². The van der Waals surface area contributed by atoms with E-state index in [1.165, 1.54) is 25.8 Å². The van der Waals surface area contributed by atoms with Crippen LogP contribution in [0.2, 0.25) is 0 Å². The second-order valence-corrected chi connectivity index (χ2v) is 5.79. The minimum Gasteiger partial charge on any atom is -0.380 e. The molecule has 1 N–H and O–H groups in total. The van der Waals surface area contributed by atoms with E-state index in [4.69, 9.17) is 0 Å². The fourth-order valence-corrected chi connectivity index (χ4v) is 2.88. The van der Waals surface area contributed by atoms with Crippen molar-refractivity contribution < 1.29 is 9.18 Å². The Morgan fingerprint density at radius 1 is 1.26 bits per heavy atom. The van der Waals surface area contributed by atoms with Crippen LogP contribution in [0.25, 0.3) is 0 Å². The fraction of sp³-hybridized carbons (Fsp3) is 0.333. The lowest BCUT2D eigenvalue weighted by molar-refractivity contribution is 0.101. The summed E-state index contributed by atoms with van der Waals surface area (Å²) in [4.78, 5) is 18.4. The van der Waals surface area contributed by atoms with Gasteiger partial charge < -0.3 is 10.2 Å². The molecule has 0 amide bonds. The number of pyridine rings is 1. The molecule has 0 aliphatic carbocycles. The van der Waals surface area contributed by atoms with Gasteiger partial charge in [0, 0.05) is 31.5 Å². The van der Waals surface area contributed by atoms with Gasteiger partial charge in [-0.25, -0.2) is 9.37 Å². The summed E-state index contributed by atoms with van der Waals surface area (Å²) in [5, 5.41) is 3.13. The molecule has 0 saturated carbocycles. The van der Waals surface area contributed by atoms with Gasteiger partial charge in [0.25, 0.3) is 0 Å². The van der Waals surface area contributed by atoms with Gasteiger partial charge in [-0.1, -0.05) is 12.1 Å². The molecular weight excluding hydrogens is 293 g/mol. The molecule has 1 aliphatic rings. The van der Waals surface area contributed by atoms with Gasteiger partial charge in [0.2, 0.25) is 0 Å². The molecule has 1 aliphatic heterocycles. The molecule has 120 valence electrons. The van der Waals surface area contributed by atoms with Gasteiger partial charge in [-0.05, 0) is 43.5 Å². The van der Waals surface area contributed by atoms with Crippen molar-refractivity contribution in [2.75, 3.05) is 23.3 Å². The summed E-state index contributed by atoms with van der Waals surface area (Å²) < 4.78 is 13.8. The van der Waals surface area contributed by atoms with E-state index >= 15 is 0 Å². The summed E-state index contributed by atoms with van der Waals surface area (Å²) in [5.74, 6) is 0.222. The maximum absolute atomic E-state index is 13.8. The highest BCUT2D eigenvalue weighted by atomic mass is 19.1. The predicted octanol–water partition coefficient (Wildman–Crippen LogP) is 3.64. The van der Waals surface area contributed by atoms with Gasteiger partial charge in [0.05, 0.1) is 5.56 Å². The number of rotatable bonds is 5. The van der Waals surface area contributed by atoms with E-state index in [0.717, 1.165) is 24.5 Å². The highest BCUT2D eigenvalue weighted by Crippen LogP contribution is 2.21. The number of anilines is 2. The number of ketones is 1. The average molecular weight is 313 g/mol. The van der Waals surface area contributed by atoms with E-state index < -0.39 is 5.82 Å². The van der Waals surface area contributed by atoms with Crippen molar-refractivity contribution in [1.29, 1.82) is 0 Å². The zero-order chi connectivity index (χ0) is 16.2. The number of nitrogens with one attached hydrogen (secondary N) is 1. The Morgan fingerprint density at radius 2 is 2.04 bits per heavy atom. The molecule has 2 aromatic rings. The quantitative estimate of drug-likeness (QED) is 0.856. The maximum atomic E-state index is 13.8. The molecule has 3 rings (SSSR count). The fourth-order valence-electron chi connectivity index (χ4n) is 2.88. The lowest BCUT2D eigenvalue weighted by atomic mass is 10.1. The van der Waals surface area contributed by atoms with Gasteiger partial charge in [0.15, 0.2) is 5.78 Å². The Balaban J connectivity index is 1.69. The number of hydrogen-bond donors (Lipinski definition) is 1. The first kappa shape index (κ1) is 15.5. The third kappa shape index (κ3) is 3.50. The summed E-state index contributed by atoms with van der Waals surface area (Å²) in [6.07, 6.45) is 4.27. The number of halogens is 1. The van der Waals surface area contributed by atoms with Crippen LogP contribution in [-0.4, -0.2) is 23.9 Å². The third-order valence-electron chi connectivity index (χ3n) is 4.09. The van der Waals surface area contributed by atoms with Crippen LogP contribution in [0, 0.1) is 5.82 Å². The SMILES string of the molecule is CC(=O)c1c(F)cccc1NCc1ccc(N2CCCC2)nc1. The molecule has 0 atom stereocenters. The van der Waals surface area contributed by atoms with E-state index in [9.17, 15) is 9.18 Å². The van der Waals surface area contributed by atoms with E-state index in [0.29, 0.717) is 12.2 Å². The Bertz CT molecular complexity index is 694. The predicted molar refractivity (Wildman–Crippen MR) is 89.4 cm³/mol. The zero-order valence-electron chi connectivity index (χ0n) is 13.2. The standard InChI is InChI=1S/C18H20FN3O/c1-13(23)18-15(19)5-4-6-16(18)20-11-14-7-8-17(21-12-14)22-9-2-3-10-22/h4-8,12,20H,2-3,9-11H2,1H3. The molecule has 0 bridgehead atoms. The highest BCUT2D eigenvalue weighted by Gasteiger charge is 2.14. The van der Waals surface area contributed by atoms with E-state index in [-0.39, 0.29) is 11.3 Å². The molecule has 2 heterocycles. The topological polar surface area (TPSA) is 45.2 Å². The number of Topliss-reactive ketones (excluding diaryl/α,β-unsaturated/α-hetero) is 1. The van der Waals surface area contributed by atoms with Crippen LogP contribution in [0.1, 0.15) is 35.7 Å². The Morgan fingerprint density at radius 3 is 2.70 bits per heavy atom. The molecule has 0 radical (unpaired) electrons. The van der Waals surface area contributed by atoms with Crippen molar-refractivity contribution in [2.45, 2.75) is 26.3 Å². The number of hydrogen-bond acceptors (Lipinski definition) is 4. The molecule has 1 fully saturated rings. The number of carbonyl (C=O) groups excluding carboxylic acids is 1. The number of carbonyl (C=O) groups is 1. The first-order valence-electron chi connectivity index (χ1n) is 7.88. The van der Waals surface area contributed by atoms with E-state index in [1.807, 2.05) is 18.3 Å². The number of aromatic nitrogens is 1. The van der Waals surface area contributed by atoms with Crippen molar-refractivity contribution in [3.8, 4) is 0 Å². The van der Waals surface area contributed by atoms with Crippen molar-refractivity contribution in [2.24, 2.45) is 0 Å². The molecule has 0 spiro atoms. The van der Waals surface area contributed by atoms with Gasteiger partial charge in [-0.15, -0.1) is 0 Å².